The number of amides is 1. The number of halogens is 2. The van der Waals surface area contributed by atoms with Crippen LogP contribution in [-0.2, 0) is 9.53 Å². The molecular weight excluding hydrogens is 262 g/mol. The van der Waals surface area contributed by atoms with Gasteiger partial charge in [0.05, 0.1) is 13.2 Å². The van der Waals surface area contributed by atoms with E-state index in [1.165, 1.54) is 0 Å². The molecule has 1 atom stereocenters. The summed E-state index contributed by atoms with van der Waals surface area (Å²) in [5.41, 5.74) is 0. The smallest absolute Gasteiger partial charge is 0.261 e. The van der Waals surface area contributed by atoms with Gasteiger partial charge in [-0.15, -0.1) is 11.3 Å². The van der Waals surface area contributed by atoms with Crippen molar-refractivity contribution in [1.82, 2.24) is 10.2 Å². The first-order valence-corrected chi connectivity index (χ1v) is 6.48. The predicted molar refractivity (Wildman–Crippen MR) is 63.6 cm³/mol. The molecule has 0 aromatic carbocycles. The molecule has 1 amide bonds. The number of ether oxygens (including phenoxy) is 1. The number of nitrogens with zero attached hydrogens (tertiary/aromatic N) is 1. The standard InChI is InChI=1S/C11H14F2N2O2S/c12-9(13)7-17-4-3-15-10(16)6-14-11(15)8-2-1-5-18-8/h1-2,5,9,11,14H,3-4,6-7H2. The van der Waals surface area contributed by atoms with Crippen LogP contribution >= 0.6 is 11.3 Å². The van der Waals surface area contributed by atoms with Crippen LogP contribution in [0.25, 0.3) is 0 Å². The van der Waals surface area contributed by atoms with E-state index in [4.69, 9.17) is 4.74 Å². The van der Waals surface area contributed by atoms with Gasteiger partial charge in [0, 0.05) is 11.4 Å². The molecule has 2 heterocycles. The van der Waals surface area contributed by atoms with Gasteiger partial charge in [-0.1, -0.05) is 6.07 Å². The van der Waals surface area contributed by atoms with Gasteiger partial charge in [-0.2, -0.15) is 0 Å². The normalized spacial score (nSPS) is 20.1. The molecule has 0 bridgehead atoms. The number of rotatable bonds is 6. The molecule has 100 valence electrons. The monoisotopic (exact) mass is 276 g/mol. The summed E-state index contributed by atoms with van der Waals surface area (Å²) in [7, 11) is 0. The highest BCUT2D eigenvalue weighted by Crippen LogP contribution is 2.25. The molecule has 18 heavy (non-hydrogen) atoms. The Morgan fingerprint density at radius 2 is 2.44 bits per heavy atom. The van der Waals surface area contributed by atoms with Crippen LogP contribution < -0.4 is 5.32 Å². The third-order valence-electron chi connectivity index (χ3n) is 2.61. The number of hydrogen-bond acceptors (Lipinski definition) is 4. The van der Waals surface area contributed by atoms with Crippen molar-refractivity contribution in [3.8, 4) is 0 Å². The number of thiophene rings is 1. The van der Waals surface area contributed by atoms with Gasteiger partial charge in [-0.05, 0) is 11.4 Å². The van der Waals surface area contributed by atoms with Gasteiger partial charge < -0.3 is 9.64 Å². The molecule has 0 saturated carbocycles. The molecule has 0 radical (unpaired) electrons. The Kier molecular flexibility index (Phi) is 4.62. The van der Waals surface area contributed by atoms with Crippen LogP contribution in [0.1, 0.15) is 11.0 Å². The Hall–Kier alpha value is -1.05. The van der Waals surface area contributed by atoms with Crippen molar-refractivity contribution in [3.05, 3.63) is 22.4 Å². The summed E-state index contributed by atoms with van der Waals surface area (Å²) >= 11 is 1.55. The van der Waals surface area contributed by atoms with Crippen LogP contribution in [0.2, 0.25) is 0 Å². The maximum atomic E-state index is 11.9. The van der Waals surface area contributed by atoms with Crippen LogP contribution in [0.3, 0.4) is 0 Å². The van der Waals surface area contributed by atoms with Crippen molar-refractivity contribution in [2.75, 3.05) is 26.3 Å². The first-order valence-electron chi connectivity index (χ1n) is 5.60. The lowest BCUT2D eigenvalue weighted by Crippen LogP contribution is -2.33. The van der Waals surface area contributed by atoms with Crippen molar-refractivity contribution >= 4 is 17.2 Å². The zero-order valence-electron chi connectivity index (χ0n) is 9.64. The molecule has 2 rings (SSSR count). The minimum Gasteiger partial charge on any atom is -0.374 e. The third-order valence-corrected chi connectivity index (χ3v) is 3.54. The highest BCUT2D eigenvalue weighted by atomic mass is 32.1. The third kappa shape index (κ3) is 3.24. The van der Waals surface area contributed by atoms with Gasteiger partial charge in [0.1, 0.15) is 12.8 Å². The summed E-state index contributed by atoms with van der Waals surface area (Å²) in [5.74, 6) is -0.0333. The van der Waals surface area contributed by atoms with E-state index in [0.717, 1.165) is 4.88 Å². The van der Waals surface area contributed by atoms with Gasteiger partial charge in [-0.3, -0.25) is 10.1 Å². The molecule has 1 fully saturated rings. The van der Waals surface area contributed by atoms with E-state index >= 15 is 0 Å². The van der Waals surface area contributed by atoms with Crippen molar-refractivity contribution < 1.29 is 18.3 Å². The predicted octanol–water partition coefficient (Wildman–Crippen LogP) is 1.46. The maximum Gasteiger partial charge on any atom is 0.261 e. The van der Waals surface area contributed by atoms with E-state index < -0.39 is 13.0 Å². The van der Waals surface area contributed by atoms with Crippen molar-refractivity contribution in [3.63, 3.8) is 0 Å². The number of carbonyl (C=O) groups excluding carboxylic acids is 1. The van der Waals surface area contributed by atoms with Gasteiger partial charge >= 0.3 is 0 Å². The van der Waals surface area contributed by atoms with E-state index in [0.29, 0.717) is 6.54 Å². The van der Waals surface area contributed by atoms with E-state index in [1.807, 2.05) is 17.5 Å². The summed E-state index contributed by atoms with van der Waals surface area (Å²) < 4.78 is 28.6. The maximum absolute atomic E-state index is 11.9. The second-order valence-corrected chi connectivity index (χ2v) is 4.83. The molecule has 1 unspecified atom stereocenters. The van der Waals surface area contributed by atoms with Gasteiger partial charge in [0.2, 0.25) is 5.91 Å². The minimum atomic E-state index is -2.47. The van der Waals surface area contributed by atoms with Crippen LogP contribution in [0.5, 0.6) is 0 Å². The number of carbonyl (C=O) groups is 1. The fourth-order valence-corrected chi connectivity index (χ4v) is 2.64. The molecule has 1 aliphatic heterocycles. The van der Waals surface area contributed by atoms with Crippen molar-refractivity contribution in [2.45, 2.75) is 12.6 Å². The number of hydrogen-bond donors (Lipinski definition) is 1. The van der Waals surface area contributed by atoms with E-state index in [-0.39, 0.29) is 25.2 Å². The van der Waals surface area contributed by atoms with Crippen molar-refractivity contribution in [2.24, 2.45) is 0 Å². The second kappa shape index (κ2) is 6.21. The van der Waals surface area contributed by atoms with E-state index in [2.05, 4.69) is 5.32 Å². The molecule has 1 aliphatic rings. The first kappa shape index (κ1) is 13.4. The molecule has 4 nitrogen and oxygen atoms in total. The number of nitrogens with one attached hydrogen (secondary N) is 1. The van der Waals surface area contributed by atoms with Gasteiger partial charge in [0.15, 0.2) is 0 Å². The molecule has 0 aliphatic carbocycles. The topological polar surface area (TPSA) is 41.6 Å². The lowest BCUT2D eigenvalue weighted by atomic mass is 10.3. The summed E-state index contributed by atoms with van der Waals surface area (Å²) in [6.45, 7) is 0.136. The zero-order chi connectivity index (χ0) is 13.0. The van der Waals surface area contributed by atoms with E-state index in [9.17, 15) is 13.6 Å². The molecule has 1 saturated heterocycles. The van der Waals surface area contributed by atoms with Crippen LogP contribution in [0, 0.1) is 0 Å². The average molecular weight is 276 g/mol. The lowest BCUT2D eigenvalue weighted by molar-refractivity contribution is -0.129. The second-order valence-electron chi connectivity index (χ2n) is 3.85. The summed E-state index contributed by atoms with van der Waals surface area (Å²) in [5, 5.41) is 5.03. The first-order chi connectivity index (χ1) is 8.68. The molecular formula is C11H14F2N2O2S. The Labute approximate surface area is 108 Å². The highest BCUT2D eigenvalue weighted by molar-refractivity contribution is 7.10. The summed E-state index contributed by atoms with van der Waals surface area (Å²) in [6, 6.07) is 3.85. The Balaban J connectivity index is 1.86. The fourth-order valence-electron chi connectivity index (χ4n) is 1.83. The van der Waals surface area contributed by atoms with Crippen LogP contribution in [0.15, 0.2) is 17.5 Å². The Morgan fingerprint density at radius 3 is 3.11 bits per heavy atom. The summed E-state index contributed by atoms with van der Waals surface area (Å²) in [4.78, 5) is 14.3. The van der Waals surface area contributed by atoms with Gasteiger partial charge in [-0.25, -0.2) is 8.78 Å². The highest BCUT2D eigenvalue weighted by Gasteiger charge is 2.31. The Morgan fingerprint density at radius 1 is 1.61 bits per heavy atom. The summed E-state index contributed by atoms with van der Waals surface area (Å²) in [6.07, 6.45) is -2.63. The lowest BCUT2D eigenvalue weighted by Gasteiger charge is -2.23. The molecule has 1 aromatic heterocycles. The van der Waals surface area contributed by atoms with Crippen LogP contribution in [-0.4, -0.2) is 43.5 Å². The molecule has 0 spiro atoms. The van der Waals surface area contributed by atoms with E-state index in [1.54, 1.807) is 16.2 Å². The largest absolute Gasteiger partial charge is 0.374 e. The van der Waals surface area contributed by atoms with Gasteiger partial charge in [0.25, 0.3) is 6.43 Å². The SMILES string of the molecule is O=C1CNC(c2cccs2)N1CCOCC(F)F. The number of alkyl halides is 2. The molecule has 1 aromatic rings. The zero-order valence-corrected chi connectivity index (χ0v) is 10.5. The van der Waals surface area contributed by atoms with Crippen LogP contribution in [0.4, 0.5) is 8.78 Å². The minimum absolute atomic E-state index is 0.0333. The molecule has 1 N–H and O–H groups in total. The fraction of sp³-hybridized carbons (Fsp3) is 0.545. The average Bonchev–Trinajstić information content (AvgIpc) is 2.94. The molecule has 7 heteroatoms. The van der Waals surface area contributed by atoms with Crippen molar-refractivity contribution in [1.29, 1.82) is 0 Å². The Bertz CT molecular complexity index is 386. The quantitative estimate of drug-likeness (QED) is 0.800.